The summed E-state index contributed by atoms with van der Waals surface area (Å²) in [5, 5.41) is 0. The normalized spacial score (nSPS) is 20.2. The molecule has 4 nitrogen and oxygen atoms in total. The molecule has 0 saturated carbocycles. The van der Waals surface area contributed by atoms with Crippen LogP contribution in [0.3, 0.4) is 0 Å². The zero-order valence-corrected chi connectivity index (χ0v) is 11.8. The van der Waals surface area contributed by atoms with E-state index in [1.165, 1.54) is 0 Å². The Morgan fingerprint density at radius 1 is 0.611 bits per heavy atom. The van der Waals surface area contributed by atoms with E-state index in [9.17, 15) is 0 Å². The lowest BCUT2D eigenvalue weighted by Crippen LogP contribution is -2.59. The van der Waals surface area contributed by atoms with Crippen LogP contribution in [0.25, 0.3) is 0 Å². The molecule has 0 spiro atoms. The molecule has 0 aromatic rings. The molecule has 0 fully saturated rings. The van der Waals surface area contributed by atoms with Crippen LogP contribution in [0.4, 0.5) is 0 Å². The van der Waals surface area contributed by atoms with Gasteiger partial charge in [-0.25, -0.2) is 0 Å². The van der Waals surface area contributed by atoms with E-state index in [-0.39, 0.29) is 0 Å². The van der Waals surface area contributed by atoms with Crippen LogP contribution in [-0.2, 0) is 18.9 Å². The van der Waals surface area contributed by atoms with E-state index in [4.69, 9.17) is 18.9 Å². The van der Waals surface area contributed by atoms with Crippen LogP contribution in [-0.4, -0.2) is 38.0 Å². The van der Waals surface area contributed by atoms with Gasteiger partial charge in [-0.05, 0) is 39.8 Å². The van der Waals surface area contributed by atoms with E-state index < -0.39 is 11.6 Å². The highest BCUT2D eigenvalue weighted by atomic mass is 16.8. The first-order valence-corrected chi connectivity index (χ1v) is 6.63. The minimum Gasteiger partial charge on any atom is -0.342 e. The molecule has 0 N–H and O–H groups in total. The maximum absolute atomic E-state index is 5.82. The molecule has 0 aromatic carbocycles. The highest BCUT2D eigenvalue weighted by Crippen LogP contribution is 2.38. The van der Waals surface area contributed by atoms with Crippen LogP contribution in [0.1, 0.15) is 27.7 Å². The Morgan fingerprint density at radius 3 is 1.11 bits per heavy atom. The minimum absolute atomic E-state index is 0.514. The Kier molecular flexibility index (Phi) is 6.02. The van der Waals surface area contributed by atoms with Gasteiger partial charge in [0.1, 0.15) is 0 Å². The van der Waals surface area contributed by atoms with Crippen molar-refractivity contribution in [2.45, 2.75) is 39.3 Å². The summed E-state index contributed by atoms with van der Waals surface area (Å²) in [7, 11) is 0. The third-order valence-electron chi connectivity index (χ3n) is 2.66. The van der Waals surface area contributed by atoms with Gasteiger partial charge in [0.2, 0.25) is 11.6 Å². The van der Waals surface area contributed by atoms with Crippen molar-refractivity contribution in [3.05, 3.63) is 24.3 Å². The summed E-state index contributed by atoms with van der Waals surface area (Å²) in [4.78, 5) is 0. The van der Waals surface area contributed by atoms with Crippen LogP contribution in [0, 0.1) is 0 Å². The van der Waals surface area contributed by atoms with Crippen molar-refractivity contribution in [1.29, 1.82) is 0 Å². The SMILES string of the molecule is CCOC1(OCC)C=CC=CC1(OCC)OCC. The third kappa shape index (κ3) is 2.83. The first kappa shape index (κ1) is 15.4. The predicted molar refractivity (Wildman–Crippen MR) is 70.2 cm³/mol. The zero-order valence-electron chi connectivity index (χ0n) is 11.8. The van der Waals surface area contributed by atoms with Gasteiger partial charge in [-0.3, -0.25) is 0 Å². The number of ether oxygens (including phenoxy) is 4. The van der Waals surface area contributed by atoms with Gasteiger partial charge in [-0.15, -0.1) is 0 Å². The summed E-state index contributed by atoms with van der Waals surface area (Å²) in [5.74, 6) is -2.03. The van der Waals surface area contributed by atoms with Gasteiger partial charge in [0.05, 0.1) is 0 Å². The molecule has 4 heteroatoms. The number of hydrogen-bond donors (Lipinski definition) is 0. The zero-order chi connectivity index (χ0) is 13.5. The number of allylic oxidation sites excluding steroid dienone is 2. The van der Waals surface area contributed by atoms with Crippen molar-refractivity contribution in [3.8, 4) is 0 Å². The maximum Gasteiger partial charge on any atom is 0.248 e. The van der Waals surface area contributed by atoms with Crippen molar-refractivity contribution >= 4 is 0 Å². The monoisotopic (exact) mass is 256 g/mol. The van der Waals surface area contributed by atoms with Gasteiger partial charge in [0.15, 0.2) is 0 Å². The van der Waals surface area contributed by atoms with Crippen LogP contribution < -0.4 is 0 Å². The Balaban J connectivity index is 3.13. The molecule has 18 heavy (non-hydrogen) atoms. The van der Waals surface area contributed by atoms with Crippen molar-refractivity contribution < 1.29 is 18.9 Å². The van der Waals surface area contributed by atoms with Crippen molar-refractivity contribution in [2.75, 3.05) is 26.4 Å². The second-order valence-electron chi connectivity index (χ2n) is 3.79. The van der Waals surface area contributed by atoms with E-state index in [0.29, 0.717) is 26.4 Å². The van der Waals surface area contributed by atoms with E-state index in [2.05, 4.69) is 0 Å². The highest BCUT2D eigenvalue weighted by molar-refractivity contribution is 5.25. The maximum atomic E-state index is 5.82. The largest absolute Gasteiger partial charge is 0.342 e. The molecule has 0 radical (unpaired) electrons. The summed E-state index contributed by atoms with van der Waals surface area (Å²) in [6, 6.07) is 0. The van der Waals surface area contributed by atoms with E-state index in [0.717, 1.165) is 0 Å². The molecule has 0 aromatic heterocycles. The van der Waals surface area contributed by atoms with Crippen LogP contribution in [0.5, 0.6) is 0 Å². The Labute approximate surface area is 110 Å². The minimum atomic E-state index is -1.02. The van der Waals surface area contributed by atoms with Gasteiger partial charge < -0.3 is 18.9 Å². The molecule has 104 valence electrons. The van der Waals surface area contributed by atoms with Crippen LogP contribution >= 0.6 is 0 Å². The third-order valence-corrected chi connectivity index (χ3v) is 2.66. The fourth-order valence-electron chi connectivity index (χ4n) is 2.13. The molecule has 0 saturated heterocycles. The Bertz CT molecular complexity index is 254. The van der Waals surface area contributed by atoms with Gasteiger partial charge in [0, 0.05) is 26.4 Å². The molecule has 0 amide bonds. The average molecular weight is 256 g/mol. The predicted octanol–water partition coefficient (Wildman–Crippen LogP) is 2.65. The molecule has 0 atom stereocenters. The molecule has 0 bridgehead atoms. The Morgan fingerprint density at radius 2 is 0.889 bits per heavy atom. The quantitative estimate of drug-likeness (QED) is 0.626. The molecular weight excluding hydrogens is 232 g/mol. The van der Waals surface area contributed by atoms with Crippen molar-refractivity contribution in [1.82, 2.24) is 0 Å². The summed E-state index contributed by atoms with van der Waals surface area (Å²) in [6.45, 7) is 9.76. The molecular formula is C14H24O4. The summed E-state index contributed by atoms with van der Waals surface area (Å²) < 4.78 is 23.3. The molecule has 0 heterocycles. The number of rotatable bonds is 8. The lowest BCUT2D eigenvalue weighted by molar-refractivity contribution is -0.367. The summed E-state index contributed by atoms with van der Waals surface area (Å²) in [5.41, 5.74) is 0. The van der Waals surface area contributed by atoms with Crippen LogP contribution in [0.2, 0.25) is 0 Å². The lowest BCUT2D eigenvalue weighted by Gasteiger charge is -2.45. The van der Waals surface area contributed by atoms with Gasteiger partial charge in [-0.2, -0.15) is 0 Å². The van der Waals surface area contributed by atoms with Gasteiger partial charge in [0.25, 0.3) is 0 Å². The van der Waals surface area contributed by atoms with Gasteiger partial charge >= 0.3 is 0 Å². The smallest absolute Gasteiger partial charge is 0.248 e. The van der Waals surface area contributed by atoms with Crippen molar-refractivity contribution in [2.24, 2.45) is 0 Å². The fourth-order valence-corrected chi connectivity index (χ4v) is 2.13. The van der Waals surface area contributed by atoms with Crippen LogP contribution in [0.15, 0.2) is 24.3 Å². The Hall–Kier alpha value is -0.680. The van der Waals surface area contributed by atoms with E-state index in [1.807, 2.05) is 52.0 Å². The molecule has 0 unspecified atom stereocenters. The highest BCUT2D eigenvalue weighted by Gasteiger charge is 2.54. The van der Waals surface area contributed by atoms with Gasteiger partial charge in [-0.1, -0.05) is 12.2 Å². The molecule has 1 rings (SSSR count). The second kappa shape index (κ2) is 7.04. The molecule has 0 aliphatic heterocycles. The second-order valence-corrected chi connectivity index (χ2v) is 3.79. The van der Waals surface area contributed by atoms with E-state index >= 15 is 0 Å². The van der Waals surface area contributed by atoms with E-state index in [1.54, 1.807) is 0 Å². The first-order valence-electron chi connectivity index (χ1n) is 6.63. The average Bonchev–Trinajstić information content (AvgIpc) is 2.34. The summed E-state index contributed by atoms with van der Waals surface area (Å²) >= 11 is 0. The molecule has 1 aliphatic rings. The standard InChI is InChI=1S/C14H24O4/c1-5-15-13(16-6-2)11-9-10-12-14(13,17-7-3)18-8-4/h9-12H,5-8H2,1-4H3. The number of hydrogen-bond acceptors (Lipinski definition) is 4. The van der Waals surface area contributed by atoms with Crippen molar-refractivity contribution in [3.63, 3.8) is 0 Å². The topological polar surface area (TPSA) is 36.9 Å². The summed E-state index contributed by atoms with van der Waals surface area (Å²) in [6.07, 6.45) is 7.49. The molecule has 1 aliphatic carbocycles. The lowest BCUT2D eigenvalue weighted by atomic mass is 9.99. The fraction of sp³-hybridized carbons (Fsp3) is 0.714. The first-order chi connectivity index (χ1) is 8.70.